The summed E-state index contributed by atoms with van der Waals surface area (Å²) in [5.74, 6) is 0.390. The van der Waals surface area contributed by atoms with Crippen LogP contribution in [-0.2, 0) is 9.53 Å². The second-order valence-corrected chi connectivity index (χ2v) is 6.72. The molecule has 0 radical (unpaired) electrons. The Morgan fingerprint density at radius 1 is 1.08 bits per heavy atom. The van der Waals surface area contributed by atoms with Crippen LogP contribution in [0.5, 0.6) is 0 Å². The van der Waals surface area contributed by atoms with Crippen molar-refractivity contribution in [2.24, 2.45) is 5.92 Å². The lowest BCUT2D eigenvalue weighted by atomic mass is 10.0. The minimum Gasteiger partial charge on any atom is -1.00 e. The maximum Gasteiger partial charge on any atom is 0.367 e. The summed E-state index contributed by atoms with van der Waals surface area (Å²) in [5.41, 5.74) is 3.66. The molecule has 24 heavy (non-hydrogen) atoms. The first-order chi connectivity index (χ1) is 11.0. The summed E-state index contributed by atoms with van der Waals surface area (Å²) in [4.78, 5) is 11.4. The average molecular weight is 364 g/mol. The standard InChI is InChI=1S/C19H37NO3.ClH/c1-4-23-19(22)18(20)17(21)15-13-11-9-7-5-6-8-10-12-14-16(2)3;/h13,15-18,21H,4-12,14,20H2,1-3H3;1H/b15-13+;/t17-,18-;/m1./s1. The normalized spacial score (nSPS) is 13.8. The fraction of sp³-hybridized carbons (Fsp3) is 0.842. The smallest absolute Gasteiger partial charge is 0.367 e. The van der Waals surface area contributed by atoms with E-state index in [2.05, 4.69) is 19.6 Å². The van der Waals surface area contributed by atoms with Gasteiger partial charge in [-0.25, -0.2) is 4.79 Å². The molecule has 5 heteroatoms. The van der Waals surface area contributed by atoms with Crippen LogP contribution in [-0.4, -0.2) is 29.8 Å². The van der Waals surface area contributed by atoms with Gasteiger partial charge in [0.05, 0.1) is 6.61 Å². The highest BCUT2D eigenvalue weighted by atomic mass is 35.5. The highest BCUT2D eigenvalue weighted by Crippen LogP contribution is 2.12. The van der Waals surface area contributed by atoms with E-state index in [1.165, 1.54) is 44.9 Å². The molecular formula is C19H38ClNO3. The Kier molecular flexibility index (Phi) is 18.4. The quantitative estimate of drug-likeness (QED) is 0.264. The van der Waals surface area contributed by atoms with E-state index in [4.69, 9.17) is 4.74 Å². The Labute approximate surface area is 154 Å². The third-order valence-electron chi connectivity index (χ3n) is 3.99. The fourth-order valence-corrected chi connectivity index (χ4v) is 2.46. The predicted molar refractivity (Wildman–Crippen MR) is 94.8 cm³/mol. The minimum absolute atomic E-state index is 0. The Morgan fingerprint density at radius 2 is 1.62 bits per heavy atom. The van der Waals surface area contributed by atoms with Gasteiger partial charge in [-0.1, -0.05) is 70.9 Å². The Morgan fingerprint density at radius 3 is 2.17 bits per heavy atom. The summed E-state index contributed by atoms with van der Waals surface area (Å²) < 4.78 is 4.84. The van der Waals surface area contributed by atoms with E-state index >= 15 is 0 Å². The van der Waals surface area contributed by atoms with Crippen LogP contribution in [0.2, 0.25) is 0 Å². The van der Waals surface area contributed by atoms with Gasteiger partial charge < -0.3 is 28.0 Å². The van der Waals surface area contributed by atoms with Crippen molar-refractivity contribution in [2.75, 3.05) is 6.61 Å². The first kappa shape index (κ1) is 25.7. The second-order valence-electron chi connectivity index (χ2n) is 6.72. The third-order valence-corrected chi connectivity index (χ3v) is 3.99. The highest BCUT2D eigenvalue weighted by Gasteiger charge is 2.25. The van der Waals surface area contributed by atoms with Gasteiger partial charge in [-0.15, -0.1) is 0 Å². The maximum atomic E-state index is 11.4. The van der Waals surface area contributed by atoms with Gasteiger partial charge in [0, 0.05) is 0 Å². The Bertz CT molecular complexity index is 322. The van der Waals surface area contributed by atoms with Gasteiger partial charge in [-0.3, -0.25) is 0 Å². The SMILES string of the molecule is CCOC(=O)[C@H]([NH3+])[C@H](O)/C=C/CCCCCCCCCC(C)C.[Cl-]. The van der Waals surface area contributed by atoms with E-state index in [0.29, 0.717) is 6.61 Å². The molecule has 0 heterocycles. The molecule has 0 aliphatic heterocycles. The lowest BCUT2D eigenvalue weighted by Gasteiger charge is -2.10. The van der Waals surface area contributed by atoms with Crippen LogP contribution in [0.1, 0.15) is 78.6 Å². The minimum atomic E-state index is -0.852. The molecule has 0 saturated carbocycles. The zero-order valence-electron chi connectivity index (χ0n) is 15.8. The number of carbonyl (C=O) groups is 1. The molecule has 0 fully saturated rings. The van der Waals surface area contributed by atoms with Crippen molar-refractivity contribution in [1.82, 2.24) is 0 Å². The van der Waals surface area contributed by atoms with Gasteiger partial charge in [0.1, 0.15) is 6.10 Å². The lowest BCUT2D eigenvalue weighted by Crippen LogP contribution is -3.00. The Balaban J connectivity index is 0. The van der Waals surface area contributed by atoms with Gasteiger partial charge in [0.2, 0.25) is 6.04 Å². The summed E-state index contributed by atoms with van der Waals surface area (Å²) in [6.45, 7) is 6.64. The number of esters is 1. The summed E-state index contributed by atoms with van der Waals surface area (Å²) in [6, 6.07) is -0.739. The largest absolute Gasteiger partial charge is 1.00 e. The van der Waals surface area contributed by atoms with E-state index in [1.54, 1.807) is 13.0 Å². The molecule has 0 aromatic heterocycles. The molecule has 0 aliphatic rings. The third kappa shape index (κ3) is 15.0. The zero-order chi connectivity index (χ0) is 17.5. The van der Waals surface area contributed by atoms with Crippen molar-refractivity contribution in [1.29, 1.82) is 0 Å². The van der Waals surface area contributed by atoms with E-state index in [-0.39, 0.29) is 12.4 Å². The first-order valence-corrected chi connectivity index (χ1v) is 9.33. The van der Waals surface area contributed by atoms with Crippen LogP contribution in [0.25, 0.3) is 0 Å². The number of aliphatic hydroxyl groups excluding tert-OH is 1. The molecule has 0 amide bonds. The number of hydrogen-bond donors (Lipinski definition) is 2. The molecule has 0 aromatic rings. The molecule has 0 spiro atoms. The van der Waals surface area contributed by atoms with Gasteiger partial charge in [0.25, 0.3) is 0 Å². The fourth-order valence-electron chi connectivity index (χ4n) is 2.46. The first-order valence-electron chi connectivity index (χ1n) is 9.33. The molecule has 0 saturated heterocycles. The van der Waals surface area contributed by atoms with Crippen molar-refractivity contribution in [3.05, 3.63) is 12.2 Å². The number of rotatable bonds is 14. The molecule has 0 aromatic carbocycles. The molecule has 0 rings (SSSR count). The number of halogens is 1. The van der Waals surface area contributed by atoms with Crippen LogP contribution in [0.4, 0.5) is 0 Å². The Hall–Kier alpha value is -0.580. The monoisotopic (exact) mass is 363 g/mol. The van der Waals surface area contributed by atoms with Gasteiger partial charge in [0.15, 0.2) is 0 Å². The maximum absolute atomic E-state index is 11.4. The zero-order valence-corrected chi connectivity index (χ0v) is 16.6. The highest BCUT2D eigenvalue weighted by molar-refractivity contribution is 5.75. The molecule has 4 nitrogen and oxygen atoms in total. The van der Waals surface area contributed by atoms with E-state index in [0.717, 1.165) is 18.8 Å². The number of aliphatic hydroxyl groups is 1. The van der Waals surface area contributed by atoms with Gasteiger partial charge in [-0.2, -0.15) is 0 Å². The number of hydrogen-bond acceptors (Lipinski definition) is 3. The molecule has 2 atom stereocenters. The predicted octanol–water partition coefficient (Wildman–Crippen LogP) is 0.248. The molecule has 0 aliphatic carbocycles. The summed E-state index contributed by atoms with van der Waals surface area (Å²) >= 11 is 0. The number of ether oxygens (including phenoxy) is 1. The van der Waals surface area contributed by atoms with Gasteiger partial charge >= 0.3 is 5.97 Å². The van der Waals surface area contributed by atoms with Gasteiger partial charge in [-0.05, 0) is 25.7 Å². The van der Waals surface area contributed by atoms with Crippen molar-refractivity contribution < 1.29 is 32.8 Å². The number of quaternary nitrogens is 1. The van der Waals surface area contributed by atoms with Crippen LogP contribution < -0.4 is 18.1 Å². The number of carbonyl (C=O) groups excluding carboxylic acids is 1. The topological polar surface area (TPSA) is 74.2 Å². The van der Waals surface area contributed by atoms with Crippen LogP contribution >= 0.6 is 0 Å². The number of unbranched alkanes of at least 4 members (excludes halogenated alkanes) is 7. The number of allylic oxidation sites excluding steroid dienone is 1. The van der Waals surface area contributed by atoms with Crippen molar-refractivity contribution in [2.45, 2.75) is 90.7 Å². The van der Waals surface area contributed by atoms with E-state index < -0.39 is 18.1 Å². The van der Waals surface area contributed by atoms with Crippen molar-refractivity contribution >= 4 is 5.97 Å². The molecule has 0 unspecified atom stereocenters. The van der Waals surface area contributed by atoms with E-state index in [9.17, 15) is 9.90 Å². The van der Waals surface area contributed by atoms with Crippen molar-refractivity contribution in [3.8, 4) is 0 Å². The molecule has 4 N–H and O–H groups in total. The summed E-state index contributed by atoms with van der Waals surface area (Å²) in [5, 5.41) is 9.83. The average Bonchev–Trinajstić information content (AvgIpc) is 2.51. The van der Waals surface area contributed by atoms with Crippen LogP contribution in [0.3, 0.4) is 0 Å². The van der Waals surface area contributed by atoms with Crippen molar-refractivity contribution in [3.63, 3.8) is 0 Å². The summed E-state index contributed by atoms with van der Waals surface area (Å²) in [7, 11) is 0. The molecule has 0 bridgehead atoms. The van der Waals surface area contributed by atoms with E-state index in [1.807, 2.05) is 6.08 Å². The second kappa shape index (κ2) is 17.2. The lowest BCUT2D eigenvalue weighted by molar-refractivity contribution is -0.421. The van der Waals surface area contributed by atoms with Crippen LogP contribution in [0.15, 0.2) is 12.2 Å². The molecule has 144 valence electrons. The van der Waals surface area contributed by atoms with Crippen LogP contribution in [0, 0.1) is 5.92 Å². The summed E-state index contributed by atoms with van der Waals surface area (Å²) in [6.07, 6.45) is 14.1. The molecular weight excluding hydrogens is 326 g/mol.